The molecular weight excluding hydrogens is 404 g/mol. The minimum Gasteiger partial charge on any atom is -0.497 e. The van der Waals surface area contributed by atoms with Crippen LogP contribution in [-0.2, 0) is 9.59 Å². The van der Waals surface area contributed by atoms with Gasteiger partial charge in [0.1, 0.15) is 22.9 Å². The van der Waals surface area contributed by atoms with Gasteiger partial charge in [-0.1, -0.05) is 41.5 Å². The van der Waals surface area contributed by atoms with Crippen molar-refractivity contribution in [1.29, 1.82) is 0 Å². The van der Waals surface area contributed by atoms with Crippen LogP contribution in [0.25, 0.3) is 0 Å². The lowest BCUT2D eigenvalue weighted by Gasteiger charge is -2.21. The second-order valence-electron chi connectivity index (χ2n) is 9.65. The normalized spacial score (nSPS) is 20.1. The van der Waals surface area contributed by atoms with Gasteiger partial charge >= 0.3 is 5.97 Å². The van der Waals surface area contributed by atoms with Crippen molar-refractivity contribution in [1.82, 2.24) is 5.32 Å². The maximum Gasteiger partial charge on any atom is 0.339 e. The second-order valence-corrected chi connectivity index (χ2v) is 9.65. The van der Waals surface area contributed by atoms with Crippen LogP contribution in [0.2, 0.25) is 0 Å². The first kappa shape index (κ1) is 25.6. The molecule has 1 aliphatic rings. The van der Waals surface area contributed by atoms with E-state index in [0.717, 1.165) is 12.0 Å². The number of rotatable bonds is 10. The predicted molar refractivity (Wildman–Crippen MR) is 128 cm³/mol. The summed E-state index contributed by atoms with van der Waals surface area (Å²) < 4.78 is 10.9. The first-order chi connectivity index (χ1) is 15.0. The van der Waals surface area contributed by atoms with Gasteiger partial charge in [-0.25, -0.2) is 4.79 Å². The average molecular weight is 443 g/mol. The molecule has 0 aliphatic carbocycles. The van der Waals surface area contributed by atoms with E-state index in [1.54, 1.807) is 31.4 Å². The lowest BCUT2D eigenvalue weighted by molar-refractivity contribution is -0.130. The summed E-state index contributed by atoms with van der Waals surface area (Å²) in [5.41, 5.74) is 0.518. The molecule has 32 heavy (non-hydrogen) atoms. The van der Waals surface area contributed by atoms with E-state index in [4.69, 9.17) is 14.5 Å². The zero-order chi connectivity index (χ0) is 24.1. The third kappa shape index (κ3) is 6.21. The molecule has 1 aromatic rings. The Bertz CT molecular complexity index is 884. The molecule has 0 saturated carbocycles. The molecular formula is C26H38N2O4. The Kier molecular flexibility index (Phi) is 8.65. The Morgan fingerprint density at radius 2 is 1.66 bits per heavy atom. The highest BCUT2D eigenvalue weighted by molar-refractivity contribution is 6.17. The smallest absolute Gasteiger partial charge is 0.339 e. The molecule has 0 spiro atoms. The average Bonchev–Trinajstić information content (AvgIpc) is 3.00. The number of nitrogens with zero attached hydrogens (tertiary/aromatic N) is 1. The van der Waals surface area contributed by atoms with Crippen molar-refractivity contribution in [3.8, 4) is 11.5 Å². The van der Waals surface area contributed by atoms with Crippen LogP contribution in [0.4, 0.5) is 0 Å². The molecule has 0 bridgehead atoms. The highest BCUT2D eigenvalue weighted by atomic mass is 16.5. The van der Waals surface area contributed by atoms with E-state index in [1.165, 1.54) is 0 Å². The topological polar surface area (TPSA) is 77.0 Å². The van der Waals surface area contributed by atoms with E-state index in [-0.39, 0.29) is 17.7 Å². The quantitative estimate of drug-likeness (QED) is 0.302. The van der Waals surface area contributed by atoms with Crippen molar-refractivity contribution in [2.45, 2.75) is 73.3 Å². The summed E-state index contributed by atoms with van der Waals surface area (Å²) in [4.78, 5) is 31.0. The summed E-state index contributed by atoms with van der Waals surface area (Å²) in [5, 5.41) is 2.98. The molecule has 0 aromatic heterocycles. The van der Waals surface area contributed by atoms with E-state index >= 15 is 0 Å². The molecule has 0 saturated heterocycles. The van der Waals surface area contributed by atoms with Crippen LogP contribution >= 0.6 is 0 Å². The molecule has 6 nitrogen and oxygen atoms in total. The summed E-state index contributed by atoms with van der Waals surface area (Å²) in [7, 11) is 1.59. The molecule has 1 N–H and O–H groups in total. The largest absolute Gasteiger partial charge is 0.497 e. The van der Waals surface area contributed by atoms with E-state index < -0.39 is 11.5 Å². The molecule has 1 aromatic carbocycles. The maximum absolute atomic E-state index is 13.4. The van der Waals surface area contributed by atoms with E-state index in [9.17, 15) is 9.59 Å². The number of carbonyl (C=O) groups is 2. The third-order valence-corrected chi connectivity index (χ3v) is 5.70. The first-order valence-corrected chi connectivity index (χ1v) is 11.5. The van der Waals surface area contributed by atoms with Gasteiger partial charge in [-0.05, 0) is 68.2 Å². The van der Waals surface area contributed by atoms with Crippen LogP contribution in [0.1, 0.15) is 67.7 Å². The number of aliphatic imine (C=N–C) groups is 1. The molecule has 1 heterocycles. The number of amides is 1. The number of amidine groups is 1. The van der Waals surface area contributed by atoms with Gasteiger partial charge in [-0.2, -0.15) is 0 Å². The van der Waals surface area contributed by atoms with E-state index in [0.29, 0.717) is 41.7 Å². The van der Waals surface area contributed by atoms with Crippen LogP contribution in [0.15, 0.2) is 40.4 Å². The van der Waals surface area contributed by atoms with Crippen molar-refractivity contribution in [3.05, 3.63) is 35.4 Å². The van der Waals surface area contributed by atoms with Crippen LogP contribution in [0, 0.1) is 17.8 Å². The molecule has 176 valence electrons. The van der Waals surface area contributed by atoms with E-state index in [1.807, 2.05) is 6.92 Å². The number of methoxy groups -OCH3 is 1. The molecule has 1 aliphatic heterocycles. The van der Waals surface area contributed by atoms with Gasteiger partial charge in [0.05, 0.1) is 7.11 Å². The zero-order valence-corrected chi connectivity index (χ0v) is 20.7. The number of esters is 1. The molecule has 2 atom stereocenters. The summed E-state index contributed by atoms with van der Waals surface area (Å²) in [6, 6.07) is 6.92. The third-order valence-electron chi connectivity index (χ3n) is 5.70. The van der Waals surface area contributed by atoms with Crippen molar-refractivity contribution < 1.29 is 19.1 Å². The fourth-order valence-electron chi connectivity index (χ4n) is 4.03. The molecule has 0 radical (unpaired) electrons. The van der Waals surface area contributed by atoms with Gasteiger partial charge in [-0.3, -0.25) is 9.79 Å². The first-order valence-electron chi connectivity index (χ1n) is 11.5. The maximum atomic E-state index is 13.4. The van der Waals surface area contributed by atoms with Gasteiger partial charge in [0.25, 0.3) is 5.91 Å². The molecule has 2 rings (SSSR count). The highest BCUT2D eigenvalue weighted by Gasteiger charge is 2.41. The van der Waals surface area contributed by atoms with Crippen LogP contribution < -0.4 is 14.8 Å². The number of nitrogens with one attached hydrogen (secondary N) is 1. The lowest BCUT2D eigenvalue weighted by Crippen LogP contribution is -2.39. The Hall–Kier alpha value is -2.63. The van der Waals surface area contributed by atoms with Gasteiger partial charge in [0.15, 0.2) is 0 Å². The second kappa shape index (κ2) is 10.8. The zero-order valence-electron chi connectivity index (χ0n) is 20.7. The predicted octanol–water partition coefficient (Wildman–Crippen LogP) is 5.32. The SMILES string of the molecule is CCC(C)/C(C1=NC(C)(CC(C)C)C(=O)N1)=C(/CC(C)C)C(=O)Oc1ccc(OC)cc1. The molecule has 0 fully saturated rings. The Morgan fingerprint density at radius 1 is 1.06 bits per heavy atom. The summed E-state index contributed by atoms with van der Waals surface area (Å²) >= 11 is 0. The van der Waals surface area contributed by atoms with Crippen molar-refractivity contribution in [2.75, 3.05) is 7.11 Å². The number of benzene rings is 1. The van der Waals surface area contributed by atoms with E-state index in [2.05, 4.69) is 46.9 Å². The van der Waals surface area contributed by atoms with Crippen LogP contribution in [0.3, 0.4) is 0 Å². The van der Waals surface area contributed by atoms with Crippen LogP contribution in [0.5, 0.6) is 11.5 Å². The van der Waals surface area contributed by atoms with Crippen LogP contribution in [-0.4, -0.2) is 30.4 Å². The van der Waals surface area contributed by atoms with Crippen molar-refractivity contribution in [3.63, 3.8) is 0 Å². The number of hydrogen-bond donors (Lipinski definition) is 1. The summed E-state index contributed by atoms with van der Waals surface area (Å²) in [6.07, 6.45) is 1.99. The number of ether oxygens (including phenoxy) is 2. The molecule has 2 unspecified atom stereocenters. The Morgan fingerprint density at radius 3 is 2.16 bits per heavy atom. The minimum atomic E-state index is -0.828. The standard InChI is InChI=1S/C26H38N2O4/c1-9-18(6)22(23-27-25(30)26(7,28-23)15-17(4)5)21(14-16(2)3)24(29)32-20-12-10-19(31-8)11-13-20/h10-13,16-18H,9,14-15H2,1-8H3,(H,27,28,30)/b22-21+. The van der Waals surface area contributed by atoms with Crippen molar-refractivity contribution in [2.24, 2.45) is 22.7 Å². The van der Waals surface area contributed by atoms with Gasteiger partial charge < -0.3 is 14.8 Å². The highest BCUT2D eigenvalue weighted by Crippen LogP contribution is 2.32. The Balaban J connectivity index is 2.53. The fraction of sp³-hybridized carbons (Fsp3) is 0.577. The molecule has 6 heteroatoms. The number of carbonyl (C=O) groups excluding carboxylic acids is 2. The minimum absolute atomic E-state index is 0.0348. The molecule has 1 amide bonds. The monoisotopic (exact) mass is 442 g/mol. The Labute approximate surface area is 192 Å². The van der Waals surface area contributed by atoms with Gasteiger partial charge in [-0.15, -0.1) is 0 Å². The number of hydrogen-bond acceptors (Lipinski definition) is 5. The van der Waals surface area contributed by atoms with Gasteiger partial charge in [0, 0.05) is 11.1 Å². The lowest BCUT2D eigenvalue weighted by atomic mass is 9.88. The summed E-state index contributed by atoms with van der Waals surface area (Å²) in [5.74, 6) is 1.70. The summed E-state index contributed by atoms with van der Waals surface area (Å²) in [6.45, 7) is 14.3. The van der Waals surface area contributed by atoms with Gasteiger partial charge in [0.2, 0.25) is 0 Å². The van der Waals surface area contributed by atoms with Crippen molar-refractivity contribution >= 4 is 17.7 Å². The fourth-order valence-corrected chi connectivity index (χ4v) is 4.03.